The normalized spacial score (nSPS) is 11.0. The molecular formula is C15H18FNO4. The predicted octanol–water partition coefficient (Wildman–Crippen LogP) is 2.08. The van der Waals surface area contributed by atoms with E-state index in [1.807, 2.05) is 13.8 Å². The number of carbonyl (C=O) groups is 2. The molecule has 0 unspecified atom stereocenters. The van der Waals surface area contributed by atoms with Crippen molar-refractivity contribution in [1.82, 2.24) is 5.32 Å². The largest absolute Gasteiger partial charge is 0.478 e. The van der Waals surface area contributed by atoms with Crippen LogP contribution in [0.15, 0.2) is 24.3 Å². The summed E-state index contributed by atoms with van der Waals surface area (Å²) in [5.41, 5.74) is 0.279. The van der Waals surface area contributed by atoms with Crippen molar-refractivity contribution in [3.05, 3.63) is 41.2 Å². The monoisotopic (exact) mass is 295 g/mol. The van der Waals surface area contributed by atoms with Crippen molar-refractivity contribution in [2.24, 2.45) is 0 Å². The fourth-order valence-corrected chi connectivity index (χ4v) is 1.54. The molecule has 1 amide bonds. The first-order valence-electron chi connectivity index (χ1n) is 6.50. The second-order valence-electron chi connectivity index (χ2n) is 4.59. The SMILES string of the molecule is CC(C)OCCNC(=O)c1ccc(/C=C/C(=O)O)cc1F. The molecule has 0 fully saturated rings. The average molecular weight is 295 g/mol. The zero-order chi connectivity index (χ0) is 15.8. The lowest BCUT2D eigenvalue weighted by atomic mass is 10.1. The highest BCUT2D eigenvalue weighted by Crippen LogP contribution is 2.12. The highest BCUT2D eigenvalue weighted by molar-refractivity contribution is 5.94. The van der Waals surface area contributed by atoms with Crippen LogP contribution in [0.25, 0.3) is 6.08 Å². The first-order chi connectivity index (χ1) is 9.90. The Morgan fingerprint density at radius 2 is 2.14 bits per heavy atom. The van der Waals surface area contributed by atoms with Gasteiger partial charge >= 0.3 is 5.97 Å². The van der Waals surface area contributed by atoms with Crippen LogP contribution >= 0.6 is 0 Å². The molecule has 0 radical (unpaired) electrons. The summed E-state index contributed by atoms with van der Waals surface area (Å²) >= 11 is 0. The molecule has 21 heavy (non-hydrogen) atoms. The number of aliphatic carboxylic acids is 1. The molecule has 1 aromatic carbocycles. The Balaban J connectivity index is 2.62. The van der Waals surface area contributed by atoms with Crippen LogP contribution in [0.2, 0.25) is 0 Å². The lowest BCUT2D eigenvalue weighted by molar-refractivity contribution is -0.131. The van der Waals surface area contributed by atoms with Crippen molar-refractivity contribution >= 4 is 18.0 Å². The van der Waals surface area contributed by atoms with E-state index in [9.17, 15) is 14.0 Å². The molecule has 0 atom stereocenters. The van der Waals surface area contributed by atoms with Gasteiger partial charge < -0.3 is 15.2 Å². The molecule has 0 aromatic heterocycles. The number of carbonyl (C=O) groups excluding carboxylic acids is 1. The maximum Gasteiger partial charge on any atom is 0.328 e. The van der Waals surface area contributed by atoms with Gasteiger partial charge in [0.25, 0.3) is 5.91 Å². The van der Waals surface area contributed by atoms with Crippen LogP contribution < -0.4 is 5.32 Å². The predicted molar refractivity (Wildman–Crippen MR) is 76.5 cm³/mol. The minimum absolute atomic E-state index is 0.0685. The van der Waals surface area contributed by atoms with E-state index in [4.69, 9.17) is 9.84 Å². The molecule has 1 rings (SSSR count). The van der Waals surface area contributed by atoms with E-state index in [-0.39, 0.29) is 18.2 Å². The van der Waals surface area contributed by atoms with Gasteiger partial charge in [-0.3, -0.25) is 4.79 Å². The average Bonchev–Trinajstić information content (AvgIpc) is 2.41. The van der Waals surface area contributed by atoms with Crippen LogP contribution in [0.4, 0.5) is 4.39 Å². The molecule has 6 heteroatoms. The maximum atomic E-state index is 13.8. The van der Waals surface area contributed by atoms with E-state index in [0.29, 0.717) is 12.2 Å². The van der Waals surface area contributed by atoms with Crippen molar-refractivity contribution in [1.29, 1.82) is 0 Å². The highest BCUT2D eigenvalue weighted by Gasteiger charge is 2.11. The lowest BCUT2D eigenvalue weighted by Gasteiger charge is -2.09. The van der Waals surface area contributed by atoms with Crippen LogP contribution in [-0.2, 0) is 9.53 Å². The van der Waals surface area contributed by atoms with Crippen LogP contribution in [0.5, 0.6) is 0 Å². The number of hydrogen-bond donors (Lipinski definition) is 2. The van der Waals surface area contributed by atoms with Gasteiger partial charge in [0.1, 0.15) is 5.82 Å². The summed E-state index contributed by atoms with van der Waals surface area (Å²) in [6.45, 7) is 4.40. The Hall–Kier alpha value is -2.21. The number of nitrogens with one attached hydrogen (secondary N) is 1. The van der Waals surface area contributed by atoms with Gasteiger partial charge in [0.15, 0.2) is 0 Å². The van der Waals surface area contributed by atoms with Gasteiger partial charge in [0.2, 0.25) is 0 Å². The zero-order valence-corrected chi connectivity index (χ0v) is 11.9. The van der Waals surface area contributed by atoms with E-state index in [0.717, 1.165) is 12.1 Å². The Morgan fingerprint density at radius 3 is 2.71 bits per heavy atom. The topological polar surface area (TPSA) is 75.6 Å². The van der Waals surface area contributed by atoms with E-state index in [2.05, 4.69) is 5.32 Å². The fourth-order valence-electron chi connectivity index (χ4n) is 1.54. The first kappa shape index (κ1) is 16.8. The van der Waals surface area contributed by atoms with Gasteiger partial charge in [-0.25, -0.2) is 9.18 Å². The minimum atomic E-state index is -1.12. The van der Waals surface area contributed by atoms with Gasteiger partial charge in [-0.1, -0.05) is 6.07 Å². The van der Waals surface area contributed by atoms with Crippen molar-refractivity contribution in [2.75, 3.05) is 13.2 Å². The molecule has 0 bridgehead atoms. The second kappa shape index (κ2) is 8.16. The van der Waals surface area contributed by atoms with Crippen molar-refractivity contribution < 1.29 is 23.8 Å². The summed E-state index contributed by atoms with van der Waals surface area (Å²) in [6, 6.07) is 3.90. The minimum Gasteiger partial charge on any atom is -0.478 e. The molecule has 0 aliphatic carbocycles. The molecule has 2 N–H and O–H groups in total. The molecule has 0 spiro atoms. The third-order valence-corrected chi connectivity index (χ3v) is 2.49. The van der Waals surface area contributed by atoms with E-state index in [1.165, 1.54) is 18.2 Å². The smallest absolute Gasteiger partial charge is 0.328 e. The zero-order valence-electron chi connectivity index (χ0n) is 11.9. The molecule has 1 aromatic rings. The van der Waals surface area contributed by atoms with Crippen molar-refractivity contribution in [3.8, 4) is 0 Å². The van der Waals surface area contributed by atoms with Gasteiger partial charge in [0, 0.05) is 12.6 Å². The summed E-state index contributed by atoms with van der Waals surface area (Å²) in [5, 5.41) is 11.0. The Morgan fingerprint density at radius 1 is 1.43 bits per heavy atom. The summed E-state index contributed by atoms with van der Waals surface area (Å²) in [6.07, 6.45) is 2.22. The lowest BCUT2D eigenvalue weighted by Crippen LogP contribution is -2.28. The number of benzene rings is 1. The summed E-state index contributed by atoms with van der Waals surface area (Å²) in [5.74, 6) is -2.36. The third-order valence-electron chi connectivity index (χ3n) is 2.49. The van der Waals surface area contributed by atoms with Crippen molar-refractivity contribution in [3.63, 3.8) is 0 Å². The number of rotatable bonds is 7. The van der Waals surface area contributed by atoms with Crippen LogP contribution in [0.1, 0.15) is 29.8 Å². The highest BCUT2D eigenvalue weighted by atomic mass is 19.1. The number of carboxylic acid groups (broad SMARTS) is 1. The number of amides is 1. The molecule has 0 heterocycles. The quantitative estimate of drug-likeness (QED) is 0.596. The Labute approximate surface area is 122 Å². The number of ether oxygens (including phenoxy) is 1. The van der Waals surface area contributed by atoms with Crippen molar-refractivity contribution in [2.45, 2.75) is 20.0 Å². The van der Waals surface area contributed by atoms with Gasteiger partial charge in [-0.05, 0) is 37.6 Å². The molecule has 0 saturated heterocycles. The second-order valence-corrected chi connectivity index (χ2v) is 4.59. The van der Waals surface area contributed by atoms with Crippen LogP contribution in [0, 0.1) is 5.82 Å². The standard InChI is InChI=1S/C15H18FNO4/c1-10(2)21-8-7-17-15(20)12-5-3-11(9-13(12)16)4-6-14(18)19/h3-6,9-10H,7-8H2,1-2H3,(H,17,20)(H,18,19)/b6-4+. The number of carboxylic acids is 1. The summed E-state index contributed by atoms with van der Waals surface area (Å²) in [7, 11) is 0. The third kappa shape index (κ3) is 6.18. The maximum absolute atomic E-state index is 13.8. The molecule has 0 aliphatic heterocycles. The van der Waals surface area contributed by atoms with Gasteiger partial charge in [-0.15, -0.1) is 0 Å². The van der Waals surface area contributed by atoms with Gasteiger partial charge in [-0.2, -0.15) is 0 Å². The Kier molecular flexibility index (Phi) is 6.55. The summed E-state index contributed by atoms with van der Waals surface area (Å²) in [4.78, 5) is 22.1. The number of halogens is 1. The Bertz CT molecular complexity index is 540. The van der Waals surface area contributed by atoms with Crippen LogP contribution in [-0.4, -0.2) is 36.2 Å². The first-order valence-corrected chi connectivity index (χ1v) is 6.50. The molecule has 5 nitrogen and oxygen atoms in total. The summed E-state index contributed by atoms with van der Waals surface area (Å²) < 4.78 is 19.0. The number of hydrogen-bond acceptors (Lipinski definition) is 3. The molecular weight excluding hydrogens is 277 g/mol. The van der Waals surface area contributed by atoms with Gasteiger partial charge in [0.05, 0.1) is 18.3 Å². The fraction of sp³-hybridized carbons (Fsp3) is 0.333. The molecule has 114 valence electrons. The molecule has 0 saturated carbocycles. The molecule has 0 aliphatic rings. The van der Waals surface area contributed by atoms with E-state index < -0.39 is 17.7 Å². The van der Waals surface area contributed by atoms with Crippen LogP contribution in [0.3, 0.4) is 0 Å². The van der Waals surface area contributed by atoms with E-state index >= 15 is 0 Å². The van der Waals surface area contributed by atoms with E-state index in [1.54, 1.807) is 0 Å².